The van der Waals surface area contributed by atoms with Crippen molar-refractivity contribution in [2.45, 2.75) is 52.3 Å². The average Bonchev–Trinajstić information content (AvgIpc) is 3.19. The van der Waals surface area contributed by atoms with Gasteiger partial charge in [0.05, 0.1) is 12.1 Å². The van der Waals surface area contributed by atoms with Gasteiger partial charge in [-0.05, 0) is 37.1 Å². The number of nitrogens with zero attached hydrogens (tertiary/aromatic N) is 2. The maximum atomic E-state index is 12.9. The third-order valence-electron chi connectivity index (χ3n) is 4.45. The molecule has 2 rings (SSSR count). The first-order chi connectivity index (χ1) is 14.3. The number of hydrogen-bond acceptors (Lipinski definition) is 4. The van der Waals surface area contributed by atoms with Gasteiger partial charge in [0, 0.05) is 24.0 Å². The van der Waals surface area contributed by atoms with Crippen molar-refractivity contribution in [3.63, 3.8) is 0 Å². The Labute approximate surface area is 178 Å². The number of hydrogen-bond donors (Lipinski definition) is 1. The number of nitrogens with one attached hydrogen (secondary N) is 1. The average molecular weight is 442 g/mol. The van der Waals surface area contributed by atoms with Crippen LogP contribution in [0.3, 0.4) is 0 Å². The fourth-order valence-corrected chi connectivity index (χ4v) is 3.49. The maximum absolute atomic E-state index is 12.9. The van der Waals surface area contributed by atoms with E-state index in [2.05, 4.69) is 10.3 Å². The quantitative estimate of drug-likeness (QED) is 0.520. The van der Waals surface area contributed by atoms with E-state index in [9.17, 15) is 22.8 Å². The zero-order chi connectivity index (χ0) is 22.1. The molecule has 1 heterocycles. The van der Waals surface area contributed by atoms with Gasteiger partial charge in [0.1, 0.15) is 10.7 Å². The molecule has 9 heteroatoms. The molecule has 0 spiro atoms. The third-order valence-corrected chi connectivity index (χ3v) is 5.29. The number of carbonyl (C=O) groups is 2. The molecule has 0 fully saturated rings. The molecule has 0 bridgehead atoms. The van der Waals surface area contributed by atoms with Crippen molar-refractivity contribution in [2.24, 2.45) is 0 Å². The number of benzene rings is 1. The van der Waals surface area contributed by atoms with E-state index in [0.29, 0.717) is 23.8 Å². The minimum Gasteiger partial charge on any atom is -0.351 e. The van der Waals surface area contributed by atoms with Crippen LogP contribution in [0.25, 0.3) is 0 Å². The van der Waals surface area contributed by atoms with Crippen LogP contribution in [0.5, 0.6) is 0 Å². The van der Waals surface area contributed by atoms with E-state index in [-0.39, 0.29) is 23.9 Å². The van der Waals surface area contributed by atoms with Crippen LogP contribution < -0.4 is 5.32 Å². The van der Waals surface area contributed by atoms with Crippen molar-refractivity contribution in [3.8, 4) is 0 Å². The third kappa shape index (κ3) is 6.83. The van der Waals surface area contributed by atoms with Gasteiger partial charge in [-0.25, -0.2) is 4.98 Å². The summed E-state index contributed by atoms with van der Waals surface area (Å²) >= 11 is 1.28. The lowest BCUT2D eigenvalue weighted by atomic mass is 10.1. The largest absolute Gasteiger partial charge is 0.416 e. The molecular weight excluding hydrogens is 415 g/mol. The Bertz CT molecular complexity index is 835. The molecule has 1 N–H and O–H groups in total. The van der Waals surface area contributed by atoms with Gasteiger partial charge in [-0.1, -0.05) is 26.7 Å². The number of aromatic nitrogens is 1. The number of unbranched alkanes of at least 4 members (excludes halogenated alkanes) is 2. The summed E-state index contributed by atoms with van der Waals surface area (Å²) in [4.78, 5) is 30.9. The molecule has 0 aliphatic heterocycles. The van der Waals surface area contributed by atoms with Crippen LogP contribution in [0, 0.1) is 0 Å². The first-order valence-corrected chi connectivity index (χ1v) is 10.8. The van der Waals surface area contributed by atoms with E-state index >= 15 is 0 Å². The van der Waals surface area contributed by atoms with Crippen molar-refractivity contribution in [3.05, 3.63) is 51.5 Å². The summed E-state index contributed by atoms with van der Waals surface area (Å²) in [6.07, 6.45) is -0.976. The highest BCUT2D eigenvalue weighted by molar-refractivity contribution is 7.09. The lowest BCUT2D eigenvalue weighted by molar-refractivity contribution is -0.137. The summed E-state index contributed by atoms with van der Waals surface area (Å²) < 4.78 is 38.3. The van der Waals surface area contributed by atoms with Crippen LogP contribution in [0.4, 0.5) is 13.2 Å². The van der Waals surface area contributed by atoms with Crippen molar-refractivity contribution in [2.75, 3.05) is 13.1 Å². The van der Waals surface area contributed by atoms with E-state index in [1.165, 1.54) is 23.5 Å². The van der Waals surface area contributed by atoms with E-state index in [0.717, 1.165) is 37.8 Å². The fraction of sp³-hybridized carbons (Fsp3) is 0.476. The zero-order valence-electron chi connectivity index (χ0n) is 17.1. The summed E-state index contributed by atoms with van der Waals surface area (Å²) in [5, 5.41) is 5.05. The number of alkyl halides is 3. The second kappa shape index (κ2) is 11.1. The van der Waals surface area contributed by atoms with Crippen LogP contribution in [-0.2, 0) is 12.7 Å². The van der Waals surface area contributed by atoms with Gasteiger partial charge in [-0.3, -0.25) is 9.59 Å². The number of thiazole rings is 1. The van der Waals surface area contributed by atoms with Crippen LogP contribution in [0.1, 0.15) is 70.9 Å². The van der Waals surface area contributed by atoms with Crippen molar-refractivity contribution < 1.29 is 22.8 Å². The van der Waals surface area contributed by atoms with E-state index in [4.69, 9.17) is 0 Å². The molecule has 0 aliphatic rings. The predicted molar refractivity (Wildman–Crippen MR) is 110 cm³/mol. The molecule has 0 radical (unpaired) electrons. The standard InChI is InChI=1S/C21H26F3N3O2S/c1-3-5-11-25-19(28)17-14-30-18(26-17)13-27(12-6-4-2)20(29)15-7-9-16(10-8-15)21(22,23)24/h7-10,14H,3-6,11-13H2,1-2H3,(H,25,28). The zero-order valence-corrected chi connectivity index (χ0v) is 17.9. The molecule has 2 aromatic rings. The van der Waals surface area contributed by atoms with Crippen molar-refractivity contribution >= 4 is 23.2 Å². The highest BCUT2D eigenvalue weighted by atomic mass is 32.1. The molecule has 1 aromatic heterocycles. The molecule has 0 saturated heterocycles. The van der Waals surface area contributed by atoms with Crippen LogP contribution in [0.2, 0.25) is 0 Å². The molecular formula is C21H26F3N3O2S. The summed E-state index contributed by atoms with van der Waals surface area (Å²) in [7, 11) is 0. The lowest BCUT2D eigenvalue weighted by Gasteiger charge is -2.22. The summed E-state index contributed by atoms with van der Waals surface area (Å²) in [6, 6.07) is 4.21. The normalized spacial score (nSPS) is 11.4. The Balaban J connectivity index is 2.10. The second-order valence-corrected chi connectivity index (χ2v) is 7.83. The number of amides is 2. The van der Waals surface area contributed by atoms with Crippen molar-refractivity contribution in [1.29, 1.82) is 0 Å². The van der Waals surface area contributed by atoms with E-state index < -0.39 is 11.7 Å². The van der Waals surface area contributed by atoms with Gasteiger partial charge < -0.3 is 10.2 Å². The molecule has 0 atom stereocenters. The highest BCUT2D eigenvalue weighted by Crippen LogP contribution is 2.29. The van der Waals surface area contributed by atoms with E-state index in [1.807, 2.05) is 13.8 Å². The summed E-state index contributed by atoms with van der Waals surface area (Å²) in [6.45, 7) is 5.26. The minimum absolute atomic E-state index is 0.188. The Morgan fingerprint density at radius 2 is 1.77 bits per heavy atom. The summed E-state index contributed by atoms with van der Waals surface area (Å²) in [5.74, 6) is -0.610. The highest BCUT2D eigenvalue weighted by Gasteiger charge is 2.30. The number of carbonyl (C=O) groups excluding carboxylic acids is 2. The first-order valence-electron chi connectivity index (χ1n) is 9.95. The Kier molecular flexibility index (Phi) is 8.83. The van der Waals surface area contributed by atoms with E-state index in [1.54, 1.807) is 10.3 Å². The monoisotopic (exact) mass is 441 g/mol. The van der Waals surface area contributed by atoms with Gasteiger partial charge in [-0.15, -0.1) is 11.3 Å². The smallest absolute Gasteiger partial charge is 0.351 e. The Morgan fingerprint density at radius 3 is 2.37 bits per heavy atom. The second-order valence-electron chi connectivity index (χ2n) is 6.89. The maximum Gasteiger partial charge on any atom is 0.416 e. The molecule has 5 nitrogen and oxygen atoms in total. The Morgan fingerprint density at radius 1 is 1.10 bits per heavy atom. The molecule has 0 saturated carbocycles. The van der Waals surface area contributed by atoms with Crippen molar-refractivity contribution in [1.82, 2.24) is 15.2 Å². The SMILES string of the molecule is CCCCNC(=O)c1csc(CN(CCCC)C(=O)c2ccc(C(F)(F)F)cc2)n1. The molecule has 30 heavy (non-hydrogen) atoms. The Hall–Kier alpha value is -2.42. The number of halogens is 3. The summed E-state index contributed by atoms with van der Waals surface area (Å²) in [5.41, 5.74) is -0.297. The van der Waals surface area contributed by atoms with Crippen LogP contribution in [-0.4, -0.2) is 34.8 Å². The van der Waals surface area contributed by atoms with Gasteiger partial charge >= 0.3 is 6.18 Å². The topological polar surface area (TPSA) is 62.3 Å². The van der Waals surface area contributed by atoms with Gasteiger partial charge in [0.25, 0.3) is 11.8 Å². The fourth-order valence-electron chi connectivity index (χ4n) is 2.71. The minimum atomic E-state index is -4.45. The predicted octanol–water partition coefficient (Wildman–Crippen LogP) is 5.13. The van der Waals surface area contributed by atoms with Gasteiger partial charge in [0.2, 0.25) is 0 Å². The van der Waals surface area contributed by atoms with Crippen LogP contribution in [0.15, 0.2) is 29.6 Å². The number of rotatable bonds is 10. The molecule has 0 aliphatic carbocycles. The van der Waals surface area contributed by atoms with Gasteiger partial charge in [-0.2, -0.15) is 13.2 Å². The molecule has 164 valence electrons. The van der Waals surface area contributed by atoms with Gasteiger partial charge in [0.15, 0.2) is 0 Å². The van der Waals surface area contributed by atoms with Crippen LogP contribution >= 0.6 is 11.3 Å². The molecule has 0 unspecified atom stereocenters. The first kappa shape index (κ1) is 23.9. The molecule has 1 aromatic carbocycles. The molecule has 2 amide bonds. The lowest BCUT2D eigenvalue weighted by Crippen LogP contribution is -2.31.